The molecule has 1 fully saturated rings. The van der Waals surface area contributed by atoms with Crippen LogP contribution < -0.4 is 20.9 Å². The van der Waals surface area contributed by atoms with E-state index in [0.29, 0.717) is 28.7 Å². The summed E-state index contributed by atoms with van der Waals surface area (Å²) in [6.07, 6.45) is 5.55. The molecule has 0 spiro atoms. The second kappa shape index (κ2) is 13.1. The molecule has 240 valence electrons. The molecule has 1 atom stereocenters. The summed E-state index contributed by atoms with van der Waals surface area (Å²) in [7, 11) is 3.52. The zero-order valence-corrected chi connectivity index (χ0v) is 27.7. The maximum atomic E-state index is 13.1. The Kier molecular flexibility index (Phi) is 8.97. The topological polar surface area (TPSA) is 109 Å². The molecule has 2 aromatic heterocycles. The maximum absolute atomic E-state index is 13.1. The molecule has 10 nitrogen and oxygen atoms in total. The van der Waals surface area contributed by atoms with Crippen molar-refractivity contribution in [2.45, 2.75) is 58.5 Å². The Bertz CT molecular complexity index is 1810. The SMILES string of the molecule is Cc1c(NC(=O)Oc2cc3c(s2)CCCC3)cccc1-c1cn(C)c(=O)c(Nc2ccc(C3C(=O)N(C)CCN3C(C)C)cc2)n1. The molecule has 1 unspecified atom stereocenters. The Labute approximate surface area is 273 Å². The molecule has 46 heavy (non-hydrogen) atoms. The van der Waals surface area contributed by atoms with Crippen molar-refractivity contribution in [3.8, 4) is 16.3 Å². The third-order valence-electron chi connectivity index (χ3n) is 8.87. The van der Waals surface area contributed by atoms with Gasteiger partial charge >= 0.3 is 6.09 Å². The molecule has 2 aromatic carbocycles. The second-order valence-electron chi connectivity index (χ2n) is 12.3. The van der Waals surface area contributed by atoms with Crippen LogP contribution in [0.3, 0.4) is 0 Å². The van der Waals surface area contributed by atoms with Gasteiger partial charge in [-0.25, -0.2) is 9.78 Å². The number of hydrogen-bond donors (Lipinski definition) is 2. The Morgan fingerprint density at radius 2 is 1.80 bits per heavy atom. The lowest BCUT2D eigenvalue weighted by molar-refractivity contribution is -0.141. The van der Waals surface area contributed by atoms with Gasteiger partial charge in [0.05, 0.1) is 5.69 Å². The van der Waals surface area contributed by atoms with Crippen LogP contribution in [-0.2, 0) is 24.7 Å². The van der Waals surface area contributed by atoms with Crippen molar-refractivity contribution in [3.05, 3.63) is 86.6 Å². The van der Waals surface area contributed by atoms with Gasteiger partial charge in [0.25, 0.3) is 5.56 Å². The first-order chi connectivity index (χ1) is 22.1. The third kappa shape index (κ3) is 6.43. The van der Waals surface area contributed by atoms with Crippen LogP contribution in [0.25, 0.3) is 11.3 Å². The van der Waals surface area contributed by atoms with Gasteiger partial charge in [0, 0.05) is 61.2 Å². The number of piperazine rings is 1. The Balaban J connectivity index is 1.20. The minimum absolute atomic E-state index is 0.0782. The Morgan fingerprint density at radius 3 is 2.54 bits per heavy atom. The normalized spacial score (nSPS) is 16.8. The van der Waals surface area contributed by atoms with Crippen molar-refractivity contribution in [3.63, 3.8) is 0 Å². The monoisotopic (exact) mass is 640 g/mol. The largest absolute Gasteiger partial charge is 0.417 e. The van der Waals surface area contributed by atoms with Crippen LogP contribution in [0.5, 0.6) is 5.06 Å². The van der Waals surface area contributed by atoms with Crippen LogP contribution >= 0.6 is 11.3 Å². The molecule has 2 aliphatic rings. The minimum atomic E-state index is -0.545. The van der Waals surface area contributed by atoms with Gasteiger partial charge in [0.1, 0.15) is 6.04 Å². The summed E-state index contributed by atoms with van der Waals surface area (Å²) in [5, 5.41) is 6.67. The summed E-state index contributed by atoms with van der Waals surface area (Å²) < 4.78 is 7.13. The average Bonchev–Trinajstić information content (AvgIpc) is 3.44. The highest BCUT2D eigenvalue weighted by Crippen LogP contribution is 2.35. The highest BCUT2D eigenvalue weighted by atomic mass is 32.1. The number of thiophene rings is 1. The number of amides is 2. The number of carbonyl (C=O) groups is 2. The third-order valence-corrected chi connectivity index (χ3v) is 9.99. The molecular weight excluding hydrogens is 600 g/mol. The van der Waals surface area contributed by atoms with E-state index in [0.717, 1.165) is 36.1 Å². The minimum Gasteiger partial charge on any atom is -0.399 e. The summed E-state index contributed by atoms with van der Waals surface area (Å²) in [4.78, 5) is 49.0. The van der Waals surface area contributed by atoms with E-state index in [1.165, 1.54) is 27.8 Å². The lowest BCUT2D eigenvalue weighted by atomic mass is 9.99. The van der Waals surface area contributed by atoms with Crippen molar-refractivity contribution >= 4 is 40.5 Å². The van der Waals surface area contributed by atoms with E-state index < -0.39 is 6.09 Å². The fourth-order valence-electron chi connectivity index (χ4n) is 6.24. The van der Waals surface area contributed by atoms with Gasteiger partial charge in [-0.15, -0.1) is 11.3 Å². The van der Waals surface area contributed by atoms with Crippen LogP contribution in [-0.4, -0.2) is 57.5 Å². The molecule has 11 heteroatoms. The number of nitrogens with one attached hydrogen (secondary N) is 2. The van der Waals surface area contributed by atoms with E-state index in [1.807, 2.05) is 62.5 Å². The number of fused-ring (bicyclic) bond motifs is 1. The summed E-state index contributed by atoms with van der Waals surface area (Å²) in [6.45, 7) is 7.62. The number of aryl methyl sites for hydroxylation is 3. The molecule has 1 aliphatic heterocycles. The number of benzene rings is 2. The molecule has 0 radical (unpaired) electrons. The smallest absolute Gasteiger partial charge is 0.399 e. The second-order valence-corrected chi connectivity index (χ2v) is 13.4. The first-order valence-electron chi connectivity index (χ1n) is 15.7. The fraction of sp³-hybridized carbons (Fsp3) is 0.371. The number of rotatable bonds is 7. The van der Waals surface area contributed by atoms with E-state index in [9.17, 15) is 14.4 Å². The van der Waals surface area contributed by atoms with Gasteiger partial charge in [-0.05, 0) is 87.4 Å². The number of likely N-dealkylation sites (N-methyl/N-ethyl adjacent to an activating group) is 1. The quantitative estimate of drug-likeness (QED) is 0.245. The summed E-state index contributed by atoms with van der Waals surface area (Å²) >= 11 is 1.54. The van der Waals surface area contributed by atoms with Crippen LogP contribution in [0.1, 0.15) is 54.3 Å². The lowest BCUT2D eigenvalue weighted by Gasteiger charge is -2.41. The molecule has 0 saturated carbocycles. The van der Waals surface area contributed by atoms with E-state index in [2.05, 4.69) is 29.4 Å². The highest BCUT2D eigenvalue weighted by molar-refractivity contribution is 7.14. The molecule has 0 bridgehead atoms. The van der Waals surface area contributed by atoms with Crippen molar-refractivity contribution in [2.24, 2.45) is 7.05 Å². The number of anilines is 3. The van der Waals surface area contributed by atoms with E-state index in [4.69, 9.17) is 9.72 Å². The van der Waals surface area contributed by atoms with Crippen molar-refractivity contribution in [1.29, 1.82) is 0 Å². The summed E-state index contributed by atoms with van der Waals surface area (Å²) in [6, 6.07) is 15.0. The van der Waals surface area contributed by atoms with Gasteiger partial charge in [-0.2, -0.15) is 0 Å². The summed E-state index contributed by atoms with van der Waals surface area (Å²) in [5.41, 5.74) is 5.33. The first kappa shape index (κ1) is 31.5. The van der Waals surface area contributed by atoms with Gasteiger partial charge in [-0.3, -0.25) is 19.8 Å². The molecule has 4 aromatic rings. The maximum Gasteiger partial charge on any atom is 0.417 e. The predicted octanol–water partition coefficient (Wildman–Crippen LogP) is 6.27. The van der Waals surface area contributed by atoms with E-state index in [-0.39, 0.29) is 29.4 Å². The van der Waals surface area contributed by atoms with Crippen molar-refractivity contribution < 1.29 is 14.3 Å². The van der Waals surface area contributed by atoms with Crippen molar-refractivity contribution in [1.82, 2.24) is 19.4 Å². The van der Waals surface area contributed by atoms with Crippen LogP contribution in [0.2, 0.25) is 0 Å². The molecule has 3 heterocycles. The molecule has 2 N–H and O–H groups in total. The van der Waals surface area contributed by atoms with Gasteiger partial charge in [0.2, 0.25) is 5.91 Å². The molecule has 2 amide bonds. The van der Waals surface area contributed by atoms with Gasteiger partial charge in [-0.1, -0.05) is 24.3 Å². The molecular formula is C35H40N6O4S. The molecule has 6 rings (SSSR count). The van der Waals surface area contributed by atoms with E-state index in [1.54, 1.807) is 29.5 Å². The first-order valence-corrected chi connectivity index (χ1v) is 16.6. The van der Waals surface area contributed by atoms with Crippen molar-refractivity contribution in [2.75, 3.05) is 30.8 Å². The number of hydrogen-bond acceptors (Lipinski definition) is 8. The number of aromatic nitrogens is 2. The van der Waals surface area contributed by atoms with Crippen LogP contribution in [0, 0.1) is 6.92 Å². The van der Waals surface area contributed by atoms with Crippen LogP contribution in [0.15, 0.2) is 59.5 Å². The lowest BCUT2D eigenvalue weighted by Crippen LogP contribution is -2.52. The average molecular weight is 641 g/mol. The molecule has 1 aliphatic carbocycles. The fourth-order valence-corrected chi connectivity index (χ4v) is 7.34. The Hall–Kier alpha value is -4.48. The standard InChI is InChI=1S/C35H40N6O4S/c1-21(2)41-18-17-39(4)33(42)31(41)23-13-15-25(16-14-23)36-32-34(43)40(5)20-28(37-32)26-10-8-11-27(22(26)3)38-35(44)45-30-19-24-9-6-7-12-29(24)46-30/h8,10-11,13-16,19-21,31H,6-7,9,12,17-18H2,1-5H3,(H,36,37)(H,38,44). The van der Waals surface area contributed by atoms with Gasteiger partial charge < -0.3 is 19.5 Å². The predicted molar refractivity (Wildman–Crippen MR) is 182 cm³/mol. The highest BCUT2D eigenvalue weighted by Gasteiger charge is 2.35. The number of ether oxygens (including phenoxy) is 1. The zero-order valence-electron chi connectivity index (χ0n) is 26.9. The molecule has 1 saturated heterocycles. The Morgan fingerprint density at radius 1 is 1.04 bits per heavy atom. The van der Waals surface area contributed by atoms with Gasteiger partial charge in [0.15, 0.2) is 10.9 Å². The zero-order chi connectivity index (χ0) is 32.5. The number of nitrogens with zero attached hydrogens (tertiary/aromatic N) is 4. The van der Waals surface area contributed by atoms with E-state index >= 15 is 0 Å². The number of carbonyl (C=O) groups excluding carboxylic acids is 2. The van der Waals surface area contributed by atoms with Crippen LogP contribution in [0.4, 0.5) is 22.0 Å². The summed E-state index contributed by atoms with van der Waals surface area (Å²) in [5.74, 6) is 0.248.